The molecule has 0 spiro atoms. The molecule has 1 saturated heterocycles. The third kappa shape index (κ3) is 18.4. The second-order valence-electron chi connectivity index (χ2n) is 10.4. The van der Waals surface area contributed by atoms with Crippen LogP contribution in [0.3, 0.4) is 0 Å². The second-order valence-corrected chi connectivity index (χ2v) is 21.7. The summed E-state index contributed by atoms with van der Waals surface area (Å²) >= 11 is 50.7. The molecule has 308 valence electrons. The number of ether oxygens (including phenoxy) is 4. The summed E-state index contributed by atoms with van der Waals surface area (Å²) in [6.07, 6.45) is -10.2. The summed E-state index contributed by atoms with van der Waals surface area (Å²) in [5.41, 5.74) is 0.470. The van der Waals surface area contributed by atoms with Crippen molar-refractivity contribution in [2.24, 2.45) is 0 Å². The van der Waals surface area contributed by atoms with Crippen molar-refractivity contribution in [2.75, 3.05) is 33.5 Å². The quantitative estimate of drug-likeness (QED) is 0.147. The van der Waals surface area contributed by atoms with Gasteiger partial charge < -0.3 is 18.9 Å². The Labute approximate surface area is 356 Å². The zero-order valence-electron chi connectivity index (χ0n) is 26.8. The Morgan fingerprint density at radius 1 is 0.593 bits per heavy atom. The van der Waals surface area contributed by atoms with Crippen molar-refractivity contribution in [3.8, 4) is 11.5 Å². The minimum atomic E-state index is -5.32. The van der Waals surface area contributed by atoms with E-state index in [1.54, 1.807) is 30.3 Å². The van der Waals surface area contributed by atoms with Crippen LogP contribution in [0.15, 0.2) is 54.6 Å². The van der Waals surface area contributed by atoms with E-state index >= 15 is 0 Å². The SMILES string of the molecule is COc1ccc(O[C@@H]2O[C@H](COS(=O)(=O)OCC(Cl)(Cl)Cl)[C@@H](OCc3ccccc3)[C@H](OS(=O)(=O)OCC(Cl)(Cl)Cl)[C@H]2OS(=O)(=O)OCC(Cl)(Cl)Cl)cc1. The van der Waals surface area contributed by atoms with E-state index in [2.05, 4.69) is 8.37 Å². The standard InChI is InChI=1S/C26H27Cl9O16S3/c1-42-17-7-9-18(10-8-17)48-23-22(51-54(40,41)47-15-26(33,34)35)21(50-53(38,39)46-14-25(30,31)32)20(43-11-16-5-3-2-4-6-16)19(49-23)12-44-52(36,37)45-13-24(27,28)29/h2-10,19-23H,11-15H2,1H3/t19-,20-,21+,22-,23-/m1/s1. The lowest BCUT2D eigenvalue weighted by Crippen LogP contribution is -2.63. The molecule has 0 N–H and O–H groups in total. The Bertz CT molecular complexity index is 1810. The Hall–Kier alpha value is 0.180. The van der Waals surface area contributed by atoms with Crippen molar-refractivity contribution >= 4 is 136 Å². The van der Waals surface area contributed by atoms with Crippen LogP contribution in [0, 0.1) is 0 Å². The molecule has 0 saturated carbocycles. The number of rotatable bonds is 19. The zero-order chi connectivity index (χ0) is 40.6. The highest BCUT2D eigenvalue weighted by atomic mass is 35.6. The van der Waals surface area contributed by atoms with Crippen LogP contribution in [0.25, 0.3) is 0 Å². The molecule has 0 unspecified atom stereocenters. The van der Waals surface area contributed by atoms with E-state index in [-0.39, 0.29) is 12.4 Å². The molecule has 1 aliphatic heterocycles. The highest BCUT2D eigenvalue weighted by Crippen LogP contribution is 2.36. The van der Waals surface area contributed by atoms with Crippen molar-refractivity contribution in [3.63, 3.8) is 0 Å². The highest BCUT2D eigenvalue weighted by Gasteiger charge is 2.54. The van der Waals surface area contributed by atoms with Crippen LogP contribution in [0.5, 0.6) is 11.5 Å². The molecular weight excluding hydrogens is 984 g/mol. The lowest BCUT2D eigenvalue weighted by atomic mass is 9.99. The summed E-state index contributed by atoms with van der Waals surface area (Å²) in [7, 11) is -14.2. The zero-order valence-corrected chi connectivity index (χ0v) is 36.0. The third-order valence-electron chi connectivity index (χ3n) is 6.12. The lowest BCUT2D eigenvalue weighted by Gasteiger charge is -2.44. The molecule has 28 heteroatoms. The van der Waals surface area contributed by atoms with Gasteiger partial charge in [-0.25, -0.2) is 25.1 Å². The van der Waals surface area contributed by atoms with Crippen LogP contribution < -0.4 is 9.47 Å². The molecule has 1 fully saturated rings. The first-order chi connectivity index (χ1) is 24.8. The fourth-order valence-electron chi connectivity index (χ4n) is 4.01. The molecule has 54 heavy (non-hydrogen) atoms. The van der Waals surface area contributed by atoms with Gasteiger partial charge in [0.05, 0.1) is 20.3 Å². The molecule has 0 radical (unpaired) electrons. The van der Waals surface area contributed by atoms with Crippen molar-refractivity contribution < 1.29 is 69.3 Å². The van der Waals surface area contributed by atoms with E-state index in [1.165, 1.54) is 31.4 Å². The van der Waals surface area contributed by atoms with Gasteiger partial charge in [0.1, 0.15) is 49.6 Å². The van der Waals surface area contributed by atoms with Gasteiger partial charge in [-0.15, -0.1) is 0 Å². The van der Waals surface area contributed by atoms with Gasteiger partial charge in [0, 0.05) is 0 Å². The average molecular weight is 1010 g/mol. The average Bonchev–Trinajstić information content (AvgIpc) is 3.06. The Balaban J connectivity index is 2.16. The molecule has 0 aliphatic carbocycles. The van der Waals surface area contributed by atoms with Crippen molar-refractivity contribution in [2.45, 2.75) is 48.7 Å². The normalized spacial score (nSPS) is 21.9. The van der Waals surface area contributed by atoms with Gasteiger partial charge in [-0.3, -0.25) is 0 Å². The Kier molecular flexibility index (Phi) is 18.4. The van der Waals surface area contributed by atoms with E-state index in [0.717, 1.165) is 0 Å². The maximum Gasteiger partial charge on any atom is 0.400 e. The van der Waals surface area contributed by atoms with Crippen LogP contribution in [0.2, 0.25) is 0 Å². The fraction of sp³-hybridized carbons (Fsp3) is 0.538. The number of methoxy groups -OCH3 is 1. The van der Waals surface area contributed by atoms with Gasteiger partial charge in [-0.1, -0.05) is 135 Å². The van der Waals surface area contributed by atoms with Crippen molar-refractivity contribution in [3.05, 3.63) is 60.2 Å². The summed E-state index contributed by atoms with van der Waals surface area (Å²) < 4.78 is 124. The number of benzene rings is 2. The number of hydrogen-bond donors (Lipinski definition) is 0. The number of halogens is 9. The topological polar surface area (TPSA) is 195 Å². The van der Waals surface area contributed by atoms with E-state index in [9.17, 15) is 25.3 Å². The van der Waals surface area contributed by atoms with E-state index in [0.29, 0.717) is 11.3 Å². The molecule has 5 atom stereocenters. The third-order valence-corrected chi connectivity index (χ3v) is 9.67. The summed E-state index contributed by atoms with van der Waals surface area (Å²) in [5.74, 6) is 0.298. The van der Waals surface area contributed by atoms with Crippen LogP contribution in [-0.2, 0) is 72.4 Å². The van der Waals surface area contributed by atoms with E-state index in [4.69, 9.17) is 140 Å². The molecule has 1 aliphatic rings. The van der Waals surface area contributed by atoms with Gasteiger partial charge in [0.25, 0.3) is 0 Å². The Morgan fingerprint density at radius 2 is 1.06 bits per heavy atom. The first-order valence-electron chi connectivity index (χ1n) is 14.3. The maximum atomic E-state index is 13.2. The summed E-state index contributed by atoms with van der Waals surface area (Å²) in [5, 5.41) is 0. The van der Waals surface area contributed by atoms with Crippen LogP contribution in [0.4, 0.5) is 0 Å². The molecular formula is C26H27Cl9O16S3. The minimum absolute atomic E-state index is 0.0648. The molecule has 2 aromatic carbocycles. The number of alkyl halides is 9. The highest BCUT2D eigenvalue weighted by molar-refractivity contribution is 7.82. The fourth-order valence-corrected chi connectivity index (χ4v) is 7.49. The van der Waals surface area contributed by atoms with Crippen molar-refractivity contribution in [1.29, 1.82) is 0 Å². The van der Waals surface area contributed by atoms with Crippen molar-refractivity contribution in [1.82, 2.24) is 0 Å². The first kappa shape index (κ1) is 48.5. The Morgan fingerprint density at radius 3 is 1.54 bits per heavy atom. The molecule has 2 aromatic rings. The van der Waals surface area contributed by atoms with Crippen LogP contribution >= 0.6 is 104 Å². The van der Waals surface area contributed by atoms with Crippen LogP contribution in [0.1, 0.15) is 5.56 Å². The van der Waals surface area contributed by atoms with Gasteiger partial charge in [-0.05, 0) is 29.8 Å². The monoisotopic (exact) mass is 1010 g/mol. The number of hydrogen-bond acceptors (Lipinski definition) is 16. The molecule has 16 nitrogen and oxygen atoms in total. The summed E-state index contributed by atoms with van der Waals surface area (Å²) in [4.78, 5) is 0. The first-order valence-corrected chi connectivity index (χ1v) is 21.7. The van der Waals surface area contributed by atoms with Gasteiger partial charge >= 0.3 is 31.2 Å². The van der Waals surface area contributed by atoms with Crippen LogP contribution in [-0.4, -0.2) is 101 Å². The van der Waals surface area contributed by atoms with Gasteiger partial charge in [-0.2, -0.15) is 25.3 Å². The predicted molar refractivity (Wildman–Crippen MR) is 198 cm³/mol. The molecule has 0 aromatic heterocycles. The second kappa shape index (κ2) is 20.4. The lowest BCUT2D eigenvalue weighted by molar-refractivity contribution is -0.276. The molecule has 3 rings (SSSR count). The summed E-state index contributed by atoms with van der Waals surface area (Å²) in [6, 6.07) is 13.7. The molecule has 0 amide bonds. The van der Waals surface area contributed by atoms with E-state index in [1.807, 2.05) is 0 Å². The predicted octanol–water partition coefficient (Wildman–Crippen LogP) is 6.07. The summed E-state index contributed by atoms with van der Waals surface area (Å²) in [6.45, 7) is -4.63. The van der Waals surface area contributed by atoms with Gasteiger partial charge in [0.2, 0.25) is 17.7 Å². The largest absolute Gasteiger partial charge is 0.497 e. The molecule has 1 heterocycles. The maximum absolute atomic E-state index is 13.2. The van der Waals surface area contributed by atoms with E-state index < -0.39 is 99.7 Å². The minimum Gasteiger partial charge on any atom is -0.497 e. The van der Waals surface area contributed by atoms with Gasteiger partial charge in [0.15, 0.2) is 6.10 Å². The smallest absolute Gasteiger partial charge is 0.400 e. The molecule has 0 bridgehead atoms.